The fourth-order valence-electron chi connectivity index (χ4n) is 9.31. The molecule has 312 valence electrons. The third-order valence-corrected chi connectivity index (χ3v) is 13.3. The fourth-order valence-corrected chi connectivity index (χ4v) is 9.31. The van der Waals surface area contributed by atoms with Gasteiger partial charge in [-0.25, -0.2) is 4.98 Å². The van der Waals surface area contributed by atoms with Crippen LogP contribution < -0.4 is 14.5 Å². The Morgan fingerprint density at radius 3 is 1.75 bits per heavy atom. The first-order valence-electron chi connectivity index (χ1n) is 22.1. The Kier molecular flexibility index (Phi) is 9.75. The van der Waals surface area contributed by atoms with E-state index in [4.69, 9.17) is 9.72 Å². The predicted octanol–water partition coefficient (Wildman–Crippen LogP) is 15.2. The van der Waals surface area contributed by atoms with E-state index in [1.807, 2.05) is 12.3 Å². The molecule has 0 radical (unpaired) electrons. The predicted molar refractivity (Wildman–Crippen MR) is 263 cm³/mol. The molecule has 0 unspecified atom stereocenters. The lowest BCUT2D eigenvalue weighted by molar-refractivity contribution is 0.483. The number of nitrogens with zero attached hydrogens (tertiary/aromatic N) is 4. The van der Waals surface area contributed by atoms with E-state index in [0.717, 1.165) is 45.1 Å². The van der Waals surface area contributed by atoms with Crippen molar-refractivity contribution in [1.29, 1.82) is 0 Å². The van der Waals surface area contributed by atoms with Crippen molar-refractivity contribution in [3.05, 3.63) is 216 Å². The van der Waals surface area contributed by atoms with Gasteiger partial charge in [-0.3, -0.25) is 4.57 Å². The smallest absolute Gasteiger partial charge is 0.137 e. The van der Waals surface area contributed by atoms with Crippen LogP contribution in [0.2, 0.25) is 0 Å². The Labute approximate surface area is 371 Å². The maximum atomic E-state index is 6.79. The standard InChI is InChI=1S/C58H54N4O/c1-56(2,3)43-27-32-52-54(35-43)61(39-60(52)45-28-25-42(26-29-45)57(4,5)40-17-10-8-11-18-40)46-21-16-22-47(37-46)63-48-30-31-50-49-23-14-15-24-51(49)62(53(50)38-48)55-36-44(33-34-59-55)58(6,7)41-19-12-9-13-20-41/h8-38H,39H2,1-7H3. The van der Waals surface area contributed by atoms with E-state index < -0.39 is 0 Å². The van der Waals surface area contributed by atoms with Crippen molar-refractivity contribution in [2.24, 2.45) is 0 Å². The van der Waals surface area contributed by atoms with Crippen molar-refractivity contribution in [3.8, 4) is 17.3 Å². The molecule has 0 saturated carbocycles. The summed E-state index contributed by atoms with van der Waals surface area (Å²) in [5.74, 6) is 2.42. The van der Waals surface area contributed by atoms with Gasteiger partial charge in [-0.15, -0.1) is 0 Å². The van der Waals surface area contributed by atoms with Crippen LogP contribution in [-0.4, -0.2) is 16.2 Å². The molecule has 0 fully saturated rings. The number of benzene rings is 7. The fraction of sp³-hybridized carbons (Fsp3) is 0.190. The third-order valence-electron chi connectivity index (χ3n) is 13.3. The van der Waals surface area contributed by atoms with Gasteiger partial charge in [0.2, 0.25) is 0 Å². The van der Waals surface area contributed by atoms with Crippen LogP contribution in [0.25, 0.3) is 27.6 Å². The van der Waals surface area contributed by atoms with E-state index in [1.165, 1.54) is 44.6 Å². The minimum absolute atomic E-state index is 0.000203. The molecule has 0 bridgehead atoms. The molecule has 7 aromatic carbocycles. The van der Waals surface area contributed by atoms with Crippen LogP contribution >= 0.6 is 0 Å². The molecular weight excluding hydrogens is 769 g/mol. The zero-order chi connectivity index (χ0) is 43.5. The summed E-state index contributed by atoms with van der Waals surface area (Å²) in [4.78, 5) is 9.80. The van der Waals surface area contributed by atoms with Gasteiger partial charge in [0.05, 0.1) is 22.4 Å². The maximum absolute atomic E-state index is 6.79. The molecule has 0 N–H and O–H groups in total. The van der Waals surface area contributed by atoms with Gasteiger partial charge in [0.25, 0.3) is 0 Å². The minimum Gasteiger partial charge on any atom is -0.457 e. The average molecular weight is 823 g/mol. The number of hydrogen-bond acceptors (Lipinski definition) is 4. The Hall–Kier alpha value is -7.11. The van der Waals surface area contributed by atoms with Crippen LogP contribution in [0.1, 0.15) is 76.3 Å². The van der Waals surface area contributed by atoms with Gasteiger partial charge >= 0.3 is 0 Å². The van der Waals surface area contributed by atoms with Crippen molar-refractivity contribution in [3.63, 3.8) is 0 Å². The number of fused-ring (bicyclic) bond motifs is 4. The second-order valence-corrected chi connectivity index (χ2v) is 19.0. The van der Waals surface area contributed by atoms with Gasteiger partial charge in [0, 0.05) is 51.3 Å². The molecule has 1 aliphatic heterocycles. The van der Waals surface area contributed by atoms with Crippen LogP contribution in [0.4, 0.5) is 22.7 Å². The van der Waals surface area contributed by atoms with Crippen molar-refractivity contribution in [1.82, 2.24) is 9.55 Å². The number of aromatic nitrogens is 2. The minimum atomic E-state index is -0.206. The number of ether oxygens (including phenoxy) is 1. The van der Waals surface area contributed by atoms with Gasteiger partial charge in [0.1, 0.15) is 24.0 Å². The Morgan fingerprint density at radius 2 is 1.03 bits per heavy atom. The lowest BCUT2D eigenvalue weighted by atomic mass is 9.78. The van der Waals surface area contributed by atoms with E-state index in [1.54, 1.807) is 0 Å². The van der Waals surface area contributed by atoms with Gasteiger partial charge in [-0.05, 0) is 100.0 Å². The van der Waals surface area contributed by atoms with Crippen LogP contribution in [0.5, 0.6) is 11.5 Å². The molecule has 3 heterocycles. The Balaban J connectivity index is 0.989. The highest BCUT2D eigenvalue weighted by Crippen LogP contribution is 2.47. The second kappa shape index (κ2) is 15.4. The van der Waals surface area contributed by atoms with E-state index in [2.05, 4.69) is 239 Å². The molecule has 2 aromatic heterocycles. The average Bonchev–Trinajstić information content (AvgIpc) is 3.85. The highest BCUT2D eigenvalue weighted by Gasteiger charge is 2.31. The van der Waals surface area contributed by atoms with Crippen molar-refractivity contribution in [2.75, 3.05) is 16.5 Å². The first-order valence-corrected chi connectivity index (χ1v) is 22.1. The maximum Gasteiger partial charge on any atom is 0.137 e. The molecule has 0 spiro atoms. The highest BCUT2D eigenvalue weighted by atomic mass is 16.5. The van der Waals surface area contributed by atoms with E-state index in [-0.39, 0.29) is 16.2 Å². The monoisotopic (exact) mass is 822 g/mol. The first-order chi connectivity index (χ1) is 30.4. The van der Waals surface area contributed by atoms with Gasteiger partial charge < -0.3 is 14.5 Å². The topological polar surface area (TPSA) is 33.5 Å². The number of pyridine rings is 1. The zero-order valence-corrected chi connectivity index (χ0v) is 37.3. The number of para-hydroxylation sites is 1. The van der Waals surface area contributed by atoms with E-state index >= 15 is 0 Å². The molecule has 0 saturated heterocycles. The highest BCUT2D eigenvalue weighted by molar-refractivity contribution is 6.09. The summed E-state index contributed by atoms with van der Waals surface area (Å²) in [7, 11) is 0. The molecule has 0 amide bonds. The number of hydrogen-bond donors (Lipinski definition) is 0. The summed E-state index contributed by atoms with van der Waals surface area (Å²) in [6, 6.07) is 65.4. The molecule has 5 nitrogen and oxygen atoms in total. The third kappa shape index (κ3) is 7.21. The molecule has 1 aliphatic rings. The van der Waals surface area contributed by atoms with Crippen molar-refractivity contribution >= 4 is 44.6 Å². The Bertz CT molecular complexity index is 3100. The van der Waals surface area contributed by atoms with Crippen LogP contribution in [0.15, 0.2) is 188 Å². The summed E-state index contributed by atoms with van der Waals surface area (Å²) >= 11 is 0. The lowest BCUT2D eigenvalue weighted by Gasteiger charge is -2.27. The number of rotatable bonds is 9. The molecule has 5 heteroatoms. The summed E-state index contributed by atoms with van der Waals surface area (Å²) in [5, 5.41) is 2.33. The van der Waals surface area contributed by atoms with E-state index in [9.17, 15) is 0 Å². The molecule has 0 atom stereocenters. The normalized spacial score (nSPS) is 13.2. The van der Waals surface area contributed by atoms with E-state index in [0.29, 0.717) is 6.67 Å². The molecule has 9 aromatic rings. The van der Waals surface area contributed by atoms with Crippen LogP contribution in [0.3, 0.4) is 0 Å². The second-order valence-electron chi connectivity index (χ2n) is 19.0. The van der Waals surface area contributed by atoms with Crippen LogP contribution in [0, 0.1) is 0 Å². The number of anilines is 4. The summed E-state index contributed by atoms with van der Waals surface area (Å²) in [5.41, 5.74) is 12.8. The van der Waals surface area contributed by atoms with Gasteiger partial charge in [0.15, 0.2) is 0 Å². The summed E-state index contributed by atoms with van der Waals surface area (Å²) in [6.45, 7) is 16.7. The molecule has 63 heavy (non-hydrogen) atoms. The van der Waals surface area contributed by atoms with Crippen molar-refractivity contribution in [2.45, 2.75) is 64.7 Å². The largest absolute Gasteiger partial charge is 0.457 e. The Morgan fingerprint density at radius 1 is 0.429 bits per heavy atom. The van der Waals surface area contributed by atoms with Crippen molar-refractivity contribution < 1.29 is 4.74 Å². The molecule has 10 rings (SSSR count). The first kappa shape index (κ1) is 40.0. The quantitative estimate of drug-likeness (QED) is 0.145. The summed E-state index contributed by atoms with van der Waals surface area (Å²) < 4.78 is 9.07. The van der Waals surface area contributed by atoms with Gasteiger partial charge in [-0.2, -0.15) is 0 Å². The molecular formula is C58H54N4O. The van der Waals surface area contributed by atoms with Gasteiger partial charge in [-0.1, -0.05) is 152 Å². The zero-order valence-electron chi connectivity index (χ0n) is 37.3. The molecule has 0 aliphatic carbocycles. The van der Waals surface area contributed by atoms with Crippen LogP contribution in [-0.2, 0) is 16.2 Å². The summed E-state index contributed by atoms with van der Waals surface area (Å²) in [6.07, 6.45) is 1.94. The SMILES string of the molecule is CC(C)(C)c1ccc2c(c1)N(c1cccc(Oc3ccc4c5ccccc5n(-c5cc(C(C)(C)c6ccccc6)ccn5)c4c3)c1)CN2c1ccc(C(C)(C)c2ccccc2)cc1. The lowest BCUT2D eigenvalue weighted by Crippen LogP contribution is -2.24.